The van der Waals surface area contributed by atoms with Crippen molar-refractivity contribution in [3.8, 4) is 0 Å². The summed E-state index contributed by atoms with van der Waals surface area (Å²) in [5.41, 5.74) is 0.0308. The van der Waals surface area contributed by atoms with Gasteiger partial charge >= 0.3 is 12.0 Å². The normalized spacial score (nSPS) is 13.1. The second-order valence-electron chi connectivity index (χ2n) is 6.51. The van der Waals surface area contributed by atoms with Crippen LogP contribution in [0, 0.1) is 11.3 Å². The van der Waals surface area contributed by atoms with Crippen LogP contribution in [0.5, 0.6) is 0 Å². The van der Waals surface area contributed by atoms with Gasteiger partial charge in [0.15, 0.2) is 0 Å². The van der Waals surface area contributed by atoms with Crippen LogP contribution in [0.15, 0.2) is 0 Å². The lowest BCUT2D eigenvalue weighted by atomic mass is 9.87. The van der Waals surface area contributed by atoms with Gasteiger partial charge in [-0.15, -0.1) is 0 Å². The summed E-state index contributed by atoms with van der Waals surface area (Å²) >= 11 is 0. The Morgan fingerprint density at radius 1 is 1.20 bits per heavy atom. The number of unbranched alkanes of at least 4 members (excludes halogenated alkanes) is 2. The Morgan fingerprint density at radius 2 is 1.80 bits per heavy atom. The Labute approximate surface area is 122 Å². The van der Waals surface area contributed by atoms with E-state index in [2.05, 4.69) is 31.4 Å². The summed E-state index contributed by atoms with van der Waals surface area (Å²) in [4.78, 5) is 22.8. The Balaban J connectivity index is 4.17. The number of urea groups is 1. The van der Waals surface area contributed by atoms with Crippen LogP contribution in [0.25, 0.3) is 0 Å². The van der Waals surface area contributed by atoms with Gasteiger partial charge in [0.25, 0.3) is 0 Å². The fourth-order valence-electron chi connectivity index (χ4n) is 1.97. The third-order valence-corrected chi connectivity index (χ3v) is 3.40. The number of carboxylic acids is 1. The second kappa shape index (κ2) is 8.82. The van der Waals surface area contributed by atoms with Crippen molar-refractivity contribution in [2.45, 2.75) is 66.3 Å². The molecule has 0 aliphatic heterocycles. The molecule has 0 unspecified atom stereocenters. The number of hydrogen-bond acceptors (Lipinski definition) is 2. The molecule has 0 aromatic heterocycles. The lowest BCUT2D eigenvalue weighted by Gasteiger charge is -2.26. The van der Waals surface area contributed by atoms with Crippen LogP contribution in [0.4, 0.5) is 4.79 Å². The number of nitrogens with one attached hydrogen (secondary N) is 2. The molecule has 2 amide bonds. The molecule has 0 aliphatic rings. The van der Waals surface area contributed by atoms with Gasteiger partial charge in [0.1, 0.15) is 6.04 Å². The monoisotopic (exact) mass is 286 g/mol. The lowest BCUT2D eigenvalue weighted by molar-refractivity contribution is -0.140. The van der Waals surface area contributed by atoms with Gasteiger partial charge in [-0.05, 0) is 17.8 Å². The quantitative estimate of drug-likeness (QED) is 0.570. The fraction of sp³-hybridized carbons (Fsp3) is 0.867. The van der Waals surface area contributed by atoms with Crippen LogP contribution in [-0.2, 0) is 4.79 Å². The average Bonchev–Trinajstić information content (AvgIpc) is 2.33. The van der Waals surface area contributed by atoms with Gasteiger partial charge in [0, 0.05) is 6.54 Å². The van der Waals surface area contributed by atoms with E-state index in [-0.39, 0.29) is 11.3 Å². The Bertz CT molecular complexity index is 314. The molecular weight excluding hydrogens is 256 g/mol. The Morgan fingerprint density at radius 3 is 2.25 bits per heavy atom. The maximum atomic E-state index is 11.8. The molecular formula is C15H30N2O3. The SMILES string of the molecule is CCCCCC(C)(C)CNC(=O)N[C@@H](C(=O)O)C(C)C. The number of amides is 2. The summed E-state index contributed by atoms with van der Waals surface area (Å²) in [6.45, 7) is 10.5. The highest BCUT2D eigenvalue weighted by molar-refractivity contribution is 5.82. The third kappa shape index (κ3) is 8.02. The Kier molecular flexibility index (Phi) is 8.26. The maximum Gasteiger partial charge on any atom is 0.326 e. The zero-order valence-corrected chi connectivity index (χ0v) is 13.5. The van der Waals surface area contributed by atoms with Crippen LogP contribution in [0.3, 0.4) is 0 Å². The molecule has 20 heavy (non-hydrogen) atoms. The van der Waals surface area contributed by atoms with Crippen molar-refractivity contribution in [3.63, 3.8) is 0 Å². The number of carbonyl (C=O) groups is 2. The molecule has 0 heterocycles. The molecule has 0 spiro atoms. The molecule has 0 saturated heterocycles. The first-order valence-electron chi connectivity index (χ1n) is 7.47. The van der Waals surface area contributed by atoms with Crippen LogP contribution < -0.4 is 10.6 Å². The molecule has 118 valence electrons. The van der Waals surface area contributed by atoms with Crippen LogP contribution in [-0.4, -0.2) is 29.7 Å². The highest BCUT2D eigenvalue weighted by Gasteiger charge is 2.24. The van der Waals surface area contributed by atoms with Crippen LogP contribution in [0.2, 0.25) is 0 Å². The van der Waals surface area contributed by atoms with E-state index in [1.807, 2.05) is 0 Å². The molecule has 0 rings (SSSR count). The standard InChI is InChI=1S/C15H30N2O3/c1-6-7-8-9-15(4,5)10-16-14(20)17-12(11(2)3)13(18)19/h11-12H,6-10H2,1-5H3,(H,18,19)(H2,16,17,20)/t12-/m1/s1. The minimum absolute atomic E-state index is 0.0308. The first kappa shape index (κ1) is 18.7. The van der Waals surface area contributed by atoms with Gasteiger partial charge in [0.05, 0.1) is 0 Å². The van der Waals surface area contributed by atoms with Gasteiger partial charge in [0.2, 0.25) is 0 Å². The molecule has 0 radical (unpaired) electrons. The van der Waals surface area contributed by atoms with Crippen molar-refractivity contribution in [1.29, 1.82) is 0 Å². The van der Waals surface area contributed by atoms with Crippen molar-refractivity contribution in [3.05, 3.63) is 0 Å². The number of aliphatic carboxylic acids is 1. The largest absolute Gasteiger partial charge is 0.480 e. The number of hydrogen-bond donors (Lipinski definition) is 3. The average molecular weight is 286 g/mol. The van der Waals surface area contributed by atoms with E-state index in [0.717, 1.165) is 12.8 Å². The molecule has 0 saturated carbocycles. The van der Waals surface area contributed by atoms with E-state index in [0.29, 0.717) is 6.54 Å². The van der Waals surface area contributed by atoms with Crippen molar-refractivity contribution in [1.82, 2.24) is 10.6 Å². The highest BCUT2D eigenvalue weighted by Crippen LogP contribution is 2.22. The van der Waals surface area contributed by atoms with Crippen molar-refractivity contribution < 1.29 is 14.7 Å². The maximum absolute atomic E-state index is 11.8. The molecule has 0 aliphatic carbocycles. The van der Waals surface area contributed by atoms with E-state index in [4.69, 9.17) is 5.11 Å². The number of carbonyl (C=O) groups excluding carboxylic acids is 1. The minimum atomic E-state index is -1.00. The fourth-order valence-corrected chi connectivity index (χ4v) is 1.97. The summed E-state index contributed by atoms with van der Waals surface area (Å²) < 4.78 is 0. The van der Waals surface area contributed by atoms with Gasteiger partial charge < -0.3 is 15.7 Å². The molecule has 3 N–H and O–H groups in total. The van der Waals surface area contributed by atoms with E-state index in [1.165, 1.54) is 12.8 Å². The first-order valence-corrected chi connectivity index (χ1v) is 7.47. The first-order chi connectivity index (χ1) is 9.19. The molecule has 0 aromatic rings. The summed E-state index contributed by atoms with van der Waals surface area (Å²) in [6, 6.07) is -1.26. The summed E-state index contributed by atoms with van der Waals surface area (Å²) in [6.07, 6.45) is 4.58. The number of rotatable bonds is 9. The van der Waals surface area contributed by atoms with E-state index in [9.17, 15) is 9.59 Å². The lowest BCUT2D eigenvalue weighted by Crippen LogP contribution is -2.50. The minimum Gasteiger partial charge on any atom is -0.480 e. The molecule has 0 fully saturated rings. The molecule has 0 bridgehead atoms. The van der Waals surface area contributed by atoms with Crippen molar-refractivity contribution >= 4 is 12.0 Å². The zero-order chi connectivity index (χ0) is 15.8. The van der Waals surface area contributed by atoms with Gasteiger partial charge in [-0.3, -0.25) is 0 Å². The predicted molar refractivity (Wildman–Crippen MR) is 80.7 cm³/mol. The summed E-state index contributed by atoms with van der Waals surface area (Å²) in [7, 11) is 0. The van der Waals surface area contributed by atoms with E-state index in [1.54, 1.807) is 13.8 Å². The molecule has 0 aromatic carbocycles. The third-order valence-electron chi connectivity index (χ3n) is 3.40. The molecule has 5 heteroatoms. The smallest absolute Gasteiger partial charge is 0.326 e. The second-order valence-corrected chi connectivity index (χ2v) is 6.51. The van der Waals surface area contributed by atoms with E-state index >= 15 is 0 Å². The predicted octanol–water partition coefficient (Wildman–Crippen LogP) is 3.00. The van der Waals surface area contributed by atoms with Gasteiger partial charge in [-0.25, -0.2) is 9.59 Å². The van der Waals surface area contributed by atoms with E-state index < -0.39 is 18.0 Å². The molecule has 1 atom stereocenters. The summed E-state index contributed by atoms with van der Waals surface area (Å²) in [5, 5.41) is 14.3. The molecule has 5 nitrogen and oxygen atoms in total. The number of carboxylic acid groups (broad SMARTS) is 1. The van der Waals surface area contributed by atoms with Gasteiger partial charge in [-0.2, -0.15) is 0 Å². The zero-order valence-electron chi connectivity index (χ0n) is 13.5. The van der Waals surface area contributed by atoms with Gasteiger partial charge in [-0.1, -0.05) is 53.9 Å². The summed E-state index contributed by atoms with van der Waals surface area (Å²) in [5.74, 6) is -1.15. The highest BCUT2D eigenvalue weighted by atomic mass is 16.4. The van der Waals surface area contributed by atoms with Crippen LogP contribution >= 0.6 is 0 Å². The van der Waals surface area contributed by atoms with Crippen molar-refractivity contribution in [2.75, 3.05) is 6.54 Å². The Hall–Kier alpha value is -1.26. The van der Waals surface area contributed by atoms with Crippen LogP contribution in [0.1, 0.15) is 60.3 Å². The van der Waals surface area contributed by atoms with Crippen molar-refractivity contribution in [2.24, 2.45) is 11.3 Å². The topological polar surface area (TPSA) is 78.4 Å².